The first kappa shape index (κ1) is 21.1. The van der Waals surface area contributed by atoms with Crippen LogP contribution in [-0.2, 0) is 0 Å². The Labute approximate surface area is 166 Å². The summed E-state index contributed by atoms with van der Waals surface area (Å²) in [4.78, 5) is 4.34. The highest BCUT2D eigenvalue weighted by Crippen LogP contribution is 2.26. The van der Waals surface area contributed by atoms with Gasteiger partial charge in [0.25, 0.3) is 0 Å². The summed E-state index contributed by atoms with van der Waals surface area (Å²) in [5.74, 6) is 1.77. The molecule has 2 aromatic rings. The summed E-state index contributed by atoms with van der Waals surface area (Å²) in [5.41, 5.74) is 9.33. The van der Waals surface area contributed by atoms with E-state index in [1.165, 1.54) is 11.1 Å². The van der Waals surface area contributed by atoms with Gasteiger partial charge in [-0.25, -0.2) is 4.99 Å². The smallest absolute Gasteiger partial charge is 0.193 e. The molecule has 0 heterocycles. The Bertz CT molecular complexity index is 720. The van der Waals surface area contributed by atoms with Crippen LogP contribution >= 0.6 is 24.0 Å². The van der Waals surface area contributed by atoms with E-state index >= 15 is 0 Å². The van der Waals surface area contributed by atoms with Crippen molar-refractivity contribution < 1.29 is 9.47 Å². The minimum atomic E-state index is -0.124. The van der Waals surface area contributed by atoms with Gasteiger partial charge in [0.05, 0.1) is 13.7 Å². The number of hydrogen-bond donors (Lipinski definition) is 2. The Morgan fingerprint density at radius 1 is 1.12 bits per heavy atom. The van der Waals surface area contributed by atoms with Gasteiger partial charge < -0.3 is 20.5 Å². The first-order chi connectivity index (χ1) is 11.5. The Hall–Kier alpha value is -1.96. The molecule has 2 aromatic carbocycles. The SMILES string of the molecule is COc1ccccc1OC(C)CN=C(N)Nc1ccc(C)c(C)c1.I. The maximum atomic E-state index is 5.95. The van der Waals surface area contributed by atoms with Crippen molar-refractivity contribution >= 4 is 35.6 Å². The topological polar surface area (TPSA) is 68.9 Å². The van der Waals surface area contributed by atoms with Gasteiger partial charge in [-0.15, -0.1) is 24.0 Å². The van der Waals surface area contributed by atoms with E-state index in [0.717, 1.165) is 5.69 Å². The highest BCUT2D eigenvalue weighted by atomic mass is 127. The summed E-state index contributed by atoms with van der Waals surface area (Å²) >= 11 is 0. The van der Waals surface area contributed by atoms with E-state index in [1.807, 2.05) is 43.3 Å². The fraction of sp³-hybridized carbons (Fsp3) is 0.316. The van der Waals surface area contributed by atoms with Gasteiger partial charge in [0.1, 0.15) is 6.10 Å². The predicted octanol–water partition coefficient (Wildman–Crippen LogP) is 4.12. The lowest BCUT2D eigenvalue weighted by Gasteiger charge is -2.15. The maximum Gasteiger partial charge on any atom is 0.193 e. The number of hydrogen-bond acceptors (Lipinski definition) is 3. The molecule has 3 N–H and O–H groups in total. The van der Waals surface area contributed by atoms with Crippen LogP contribution in [-0.4, -0.2) is 25.7 Å². The van der Waals surface area contributed by atoms with Crippen molar-refractivity contribution in [2.24, 2.45) is 10.7 Å². The normalized spacial score (nSPS) is 12.1. The number of benzene rings is 2. The quantitative estimate of drug-likeness (QED) is 0.391. The van der Waals surface area contributed by atoms with E-state index < -0.39 is 0 Å². The molecular weight excluding hydrogens is 429 g/mol. The molecule has 2 rings (SSSR count). The summed E-state index contributed by atoms with van der Waals surface area (Å²) in [6, 6.07) is 13.6. The summed E-state index contributed by atoms with van der Waals surface area (Å²) in [6.45, 7) is 6.53. The molecule has 0 fully saturated rings. The molecule has 0 aliphatic carbocycles. The zero-order chi connectivity index (χ0) is 17.5. The Kier molecular flexibility index (Phi) is 8.54. The van der Waals surface area contributed by atoms with Crippen molar-refractivity contribution in [2.75, 3.05) is 19.0 Å². The van der Waals surface area contributed by atoms with Crippen molar-refractivity contribution in [2.45, 2.75) is 26.9 Å². The lowest BCUT2D eigenvalue weighted by Crippen LogP contribution is -2.25. The van der Waals surface area contributed by atoms with Crippen molar-refractivity contribution in [3.8, 4) is 11.5 Å². The van der Waals surface area contributed by atoms with Crippen molar-refractivity contribution in [3.05, 3.63) is 53.6 Å². The average Bonchev–Trinajstić information content (AvgIpc) is 2.57. The van der Waals surface area contributed by atoms with Crippen LogP contribution in [0.4, 0.5) is 5.69 Å². The molecule has 25 heavy (non-hydrogen) atoms. The fourth-order valence-electron chi connectivity index (χ4n) is 2.20. The zero-order valence-corrected chi connectivity index (χ0v) is 17.4. The molecule has 0 radical (unpaired) electrons. The van der Waals surface area contributed by atoms with Gasteiger partial charge >= 0.3 is 0 Å². The van der Waals surface area contributed by atoms with E-state index in [0.29, 0.717) is 24.0 Å². The first-order valence-corrected chi connectivity index (χ1v) is 7.93. The van der Waals surface area contributed by atoms with E-state index in [4.69, 9.17) is 15.2 Å². The van der Waals surface area contributed by atoms with Crippen LogP contribution in [0, 0.1) is 13.8 Å². The van der Waals surface area contributed by atoms with Crippen LogP contribution in [0.25, 0.3) is 0 Å². The molecule has 1 unspecified atom stereocenters. The minimum Gasteiger partial charge on any atom is -0.493 e. The fourth-order valence-corrected chi connectivity index (χ4v) is 2.20. The summed E-state index contributed by atoms with van der Waals surface area (Å²) in [7, 11) is 1.62. The number of aliphatic imine (C=N–C) groups is 1. The molecule has 0 saturated carbocycles. The monoisotopic (exact) mass is 455 g/mol. The minimum absolute atomic E-state index is 0. The second-order valence-corrected chi connectivity index (χ2v) is 5.73. The molecule has 5 nitrogen and oxygen atoms in total. The predicted molar refractivity (Wildman–Crippen MR) is 115 cm³/mol. The molecule has 0 aliphatic rings. The molecule has 0 aromatic heterocycles. The maximum absolute atomic E-state index is 5.95. The van der Waals surface area contributed by atoms with Gasteiger partial charge in [-0.05, 0) is 56.2 Å². The molecule has 0 saturated heterocycles. The Balaban J connectivity index is 0.00000312. The molecule has 0 amide bonds. The standard InChI is InChI=1S/C19H25N3O2.HI/c1-13-9-10-16(11-14(13)2)22-19(20)21-12-15(3)24-18-8-6-5-7-17(18)23-4;/h5-11,15H,12H2,1-4H3,(H3,20,21,22);1H. The first-order valence-electron chi connectivity index (χ1n) is 7.93. The largest absolute Gasteiger partial charge is 0.493 e. The molecule has 6 heteroatoms. The van der Waals surface area contributed by atoms with E-state index in [-0.39, 0.29) is 30.1 Å². The van der Waals surface area contributed by atoms with Crippen LogP contribution in [0.1, 0.15) is 18.1 Å². The number of para-hydroxylation sites is 2. The number of nitrogens with two attached hydrogens (primary N) is 1. The van der Waals surface area contributed by atoms with Gasteiger partial charge in [0.2, 0.25) is 0 Å². The number of guanidine groups is 1. The zero-order valence-electron chi connectivity index (χ0n) is 15.1. The van der Waals surface area contributed by atoms with E-state index in [2.05, 4.69) is 30.2 Å². The summed E-state index contributed by atoms with van der Waals surface area (Å²) in [5, 5.41) is 3.10. The van der Waals surface area contributed by atoms with Crippen LogP contribution in [0.5, 0.6) is 11.5 Å². The Morgan fingerprint density at radius 3 is 2.44 bits per heavy atom. The Morgan fingerprint density at radius 2 is 1.80 bits per heavy atom. The third kappa shape index (κ3) is 6.45. The van der Waals surface area contributed by atoms with Crippen LogP contribution in [0.3, 0.4) is 0 Å². The third-order valence-electron chi connectivity index (χ3n) is 3.70. The molecule has 136 valence electrons. The number of anilines is 1. The molecule has 1 atom stereocenters. The second-order valence-electron chi connectivity index (χ2n) is 5.73. The number of nitrogens with one attached hydrogen (secondary N) is 1. The van der Waals surface area contributed by atoms with Gasteiger partial charge in [-0.1, -0.05) is 18.2 Å². The molecule has 0 bridgehead atoms. The number of rotatable bonds is 6. The lowest BCUT2D eigenvalue weighted by molar-refractivity contribution is 0.219. The van der Waals surface area contributed by atoms with Crippen LogP contribution < -0.4 is 20.5 Å². The van der Waals surface area contributed by atoms with E-state index in [9.17, 15) is 0 Å². The molecule has 0 aliphatic heterocycles. The molecular formula is C19H26IN3O2. The number of ether oxygens (including phenoxy) is 2. The van der Waals surface area contributed by atoms with E-state index in [1.54, 1.807) is 7.11 Å². The molecule has 0 spiro atoms. The number of aryl methyl sites for hydroxylation is 2. The highest BCUT2D eigenvalue weighted by molar-refractivity contribution is 14.0. The number of methoxy groups -OCH3 is 1. The summed E-state index contributed by atoms with van der Waals surface area (Å²) < 4.78 is 11.1. The number of halogens is 1. The van der Waals surface area contributed by atoms with Gasteiger partial charge in [0, 0.05) is 5.69 Å². The van der Waals surface area contributed by atoms with Crippen molar-refractivity contribution in [1.29, 1.82) is 0 Å². The second kappa shape index (κ2) is 10.1. The van der Waals surface area contributed by atoms with Gasteiger partial charge in [-0.2, -0.15) is 0 Å². The van der Waals surface area contributed by atoms with Crippen LogP contribution in [0.15, 0.2) is 47.5 Å². The van der Waals surface area contributed by atoms with Crippen LogP contribution in [0.2, 0.25) is 0 Å². The average molecular weight is 455 g/mol. The van der Waals surface area contributed by atoms with Crippen molar-refractivity contribution in [1.82, 2.24) is 0 Å². The highest BCUT2D eigenvalue weighted by Gasteiger charge is 2.08. The van der Waals surface area contributed by atoms with Gasteiger partial charge in [-0.3, -0.25) is 0 Å². The summed E-state index contributed by atoms with van der Waals surface area (Å²) in [6.07, 6.45) is -0.124. The number of nitrogens with zero attached hydrogens (tertiary/aromatic N) is 1. The lowest BCUT2D eigenvalue weighted by atomic mass is 10.1. The van der Waals surface area contributed by atoms with Gasteiger partial charge in [0.15, 0.2) is 17.5 Å². The van der Waals surface area contributed by atoms with Crippen molar-refractivity contribution in [3.63, 3.8) is 0 Å². The third-order valence-corrected chi connectivity index (χ3v) is 3.70.